The lowest BCUT2D eigenvalue weighted by atomic mass is 9.99. The predicted molar refractivity (Wildman–Crippen MR) is 173 cm³/mol. The van der Waals surface area contributed by atoms with Crippen molar-refractivity contribution in [2.24, 2.45) is 24.6 Å². The molecule has 2 saturated carbocycles. The van der Waals surface area contributed by atoms with Crippen molar-refractivity contribution in [1.82, 2.24) is 24.3 Å². The van der Waals surface area contributed by atoms with E-state index in [1.54, 1.807) is 7.11 Å². The Kier molecular flexibility index (Phi) is 5.94. The van der Waals surface area contributed by atoms with Crippen LogP contribution in [0.2, 0.25) is 0 Å². The zero-order valence-electron chi connectivity index (χ0n) is 25.8. The molecule has 10 heteroatoms. The predicted octanol–water partition coefficient (Wildman–Crippen LogP) is 5.22. The molecule has 5 aromatic rings. The minimum Gasteiger partial charge on any atom is -0.494 e. The molecule has 3 aromatic carbocycles. The van der Waals surface area contributed by atoms with Gasteiger partial charge in [-0.2, -0.15) is 0 Å². The van der Waals surface area contributed by atoms with Crippen molar-refractivity contribution in [3.8, 4) is 28.4 Å². The summed E-state index contributed by atoms with van der Waals surface area (Å²) in [5, 5.41) is 3.79. The quantitative estimate of drug-likeness (QED) is 0.271. The number of amides is 2. The lowest BCUT2D eigenvalue weighted by molar-refractivity contribution is 0.0700. The molecular formula is C36H35FN6O3. The molecule has 2 amide bonds. The van der Waals surface area contributed by atoms with Crippen molar-refractivity contribution in [2.45, 2.75) is 50.9 Å². The molecule has 0 spiro atoms. The van der Waals surface area contributed by atoms with E-state index in [-0.39, 0.29) is 29.5 Å². The van der Waals surface area contributed by atoms with Crippen molar-refractivity contribution in [2.75, 3.05) is 13.7 Å². The summed E-state index contributed by atoms with van der Waals surface area (Å²) in [6, 6.07) is 15.6. The molecule has 9 nitrogen and oxygen atoms in total. The summed E-state index contributed by atoms with van der Waals surface area (Å²) >= 11 is 0. The van der Waals surface area contributed by atoms with Gasteiger partial charge >= 0.3 is 0 Å². The highest BCUT2D eigenvalue weighted by Gasteiger charge is 2.47. The third-order valence-electron chi connectivity index (χ3n) is 10.8. The minimum atomic E-state index is -0.497. The maximum absolute atomic E-state index is 15.0. The molecular weight excluding hydrogens is 583 g/mol. The number of imidazole rings is 1. The highest BCUT2D eigenvalue weighted by Crippen LogP contribution is 2.41. The van der Waals surface area contributed by atoms with Crippen LogP contribution < -0.4 is 15.8 Å². The summed E-state index contributed by atoms with van der Waals surface area (Å²) in [5.41, 5.74) is 13.0. The Hall–Kier alpha value is -4.70. The fraction of sp³-hybridized carbons (Fsp3) is 0.361. The molecule has 1 saturated heterocycles. The van der Waals surface area contributed by atoms with Crippen LogP contribution in [-0.2, 0) is 20.1 Å². The van der Waals surface area contributed by atoms with E-state index in [1.165, 1.54) is 18.9 Å². The summed E-state index contributed by atoms with van der Waals surface area (Å²) in [6.07, 6.45) is 4.40. The molecule has 9 rings (SSSR count). The van der Waals surface area contributed by atoms with Crippen molar-refractivity contribution in [3.05, 3.63) is 71.0 Å². The van der Waals surface area contributed by atoms with Gasteiger partial charge in [-0.3, -0.25) is 9.59 Å². The molecule has 3 N–H and O–H groups in total. The minimum absolute atomic E-state index is 0.0198. The summed E-state index contributed by atoms with van der Waals surface area (Å²) < 4.78 is 25.2. The number of nitrogens with one attached hydrogen (secondary N) is 1. The van der Waals surface area contributed by atoms with Gasteiger partial charge < -0.3 is 29.8 Å². The van der Waals surface area contributed by atoms with E-state index in [0.29, 0.717) is 47.3 Å². The van der Waals surface area contributed by atoms with Gasteiger partial charge in [0.25, 0.3) is 11.8 Å². The number of rotatable bonds is 6. The second-order valence-corrected chi connectivity index (χ2v) is 13.5. The van der Waals surface area contributed by atoms with Gasteiger partial charge in [0, 0.05) is 55.2 Å². The number of aromatic nitrogens is 3. The van der Waals surface area contributed by atoms with Gasteiger partial charge in [0.2, 0.25) is 0 Å². The molecule has 3 fully saturated rings. The van der Waals surface area contributed by atoms with Crippen LogP contribution in [0.3, 0.4) is 0 Å². The number of hydrogen-bond acceptors (Lipinski definition) is 5. The number of nitrogens with two attached hydrogens (primary N) is 1. The number of carbonyl (C=O) groups is 2. The molecule has 2 aliphatic heterocycles. The monoisotopic (exact) mass is 618 g/mol. The highest BCUT2D eigenvalue weighted by atomic mass is 19.1. The highest BCUT2D eigenvalue weighted by molar-refractivity contribution is 6.01. The van der Waals surface area contributed by atoms with Crippen LogP contribution in [0, 0.1) is 17.7 Å². The average molecular weight is 619 g/mol. The van der Waals surface area contributed by atoms with Crippen LogP contribution >= 0.6 is 0 Å². The summed E-state index contributed by atoms with van der Waals surface area (Å²) in [7, 11) is 3.61. The number of aryl methyl sites for hydroxylation is 1. The zero-order valence-corrected chi connectivity index (χ0v) is 25.8. The number of methoxy groups -OCH3 is 1. The molecule has 0 radical (unpaired) electrons. The van der Waals surface area contributed by atoms with Crippen molar-refractivity contribution >= 4 is 33.8 Å². The Morgan fingerprint density at radius 1 is 1.09 bits per heavy atom. The number of hydrogen-bond donors (Lipinski definition) is 2. The van der Waals surface area contributed by atoms with Crippen molar-refractivity contribution in [1.29, 1.82) is 0 Å². The molecule has 46 heavy (non-hydrogen) atoms. The van der Waals surface area contributed by atoms with Crippen LogP contribution in [0.5, 0.6) is 5.75 Å². The molecule has 3 atom stereocenters. The number of likely N-dealkylation sites (tertiary alicyclic amines) is 1. The third kappa shape index (κ3) is 4.05. The summed E-state index contributed by atoms with van der Waals surface area (Å²) in [6.45, 7) is 1.88. The van der Waals surface area contributed by atoms with Gasteiger partial charge in [0.1, 0.15) is 17.1 Å². The van der Waals surface area contributed by atoms with Gasteiger partial charge in [-0.25, -0.2) is 9.37 Å². The van der Waals surface area contributed by atoms with Crippen molar-refractivity contribution < 1.29 is 18.7 Å². The molecule has 2 aliphatic carbocycles. The first kappa shape index (κ1) is 27.6. The topological polar surface area (TPSA) is 107 Å². The first-order valence-corrected chi connectivity index (χ1v) is 16.1. The summed E-state index contributed by atoms with van der Waals surface area (Å²) in [5.74, 6) is 1.47. The number of fused-ring (bicyclic) bond motifs is 5. The number of carbonyl (C=O) groups excluding carboxylic acids is 2. The molecule has 2 aromatic heterocycles. The summed E-state index contributed by atoms with van der Waals surface area (Å²) in [4.78, 5) is 32.9. The Morgan fingerprint density at radius 3 is 2.67 bits per heavy atom. The van der Waals surface area contributed by atoms with E-state index in [4.69, 9.17) is 15.5 Å². The molecule has 3 unspecified atom stereocenters. The van der Waals surface area contributed by atoms with E-state index in [9.17, 15) is 14.0 Å². The van der Waals surface area contributed by atoms with E-state index in [2.05, 4.69) is 32.7 Å². The number of piperidine rings is 1. The number of benzene rings is 3. The normalized spacial score (nSPS) is 21.9. The fourth-order valence-corrected chi connectivity index (χ4v) is 8.13. The second-order valence-electron chi connectivity index (χ2n) is 13.5. The van der Waals surface area contributed by atoms with Crippen LogP contribution in [0.1, 0.15) is 52.0 Å². The first-order chi connectivity index (χ1) is 22.3. The van der Waals surface area contributed by atoms with Crippen LogP contribution in [0.15, 0.2) is 48.5 Å². The van der Waals surface area contributed by atoms with Crippen LogP contribution in [-0.4, -0.2) is 56.6 Å². The number of ether oxygens (including phenoxy) is 1. The van der Waals surface area contributed by atoms with Gasteiger partial charge in [-0.1, -0.05) is 12.1 Å². The number of nitrogens with zero attached hydrogens (tertiary/aromatic N) is 4. The lowest BCUT2D eigenvalue weighted by Gasteiger charge is -2.27. The maximum Gasteiger partial charge on any atom is 0.254 e. The zero-order chi connectivity index (χ0) is 31.4. The van der Waals surface area contributed by atoms with Crippen molar-refractivity contribution in [3.63, 3.8) is 0 Å². The van der Waals surface area contributed by atoms with E-state index in [1.807, 2.05) is 36.2 Å². The average Bonchev–Trinajstić information content (AvgIpc) is 3.27. The standard InChI is InChI=1S/C36H35FN6O3/c1-41-33-26(11-23(14-30(33)46-2)36(45)43-17-21-7-8-27(43)32(21)38)40-34(41)29-13-20-6-5-19(12-28(20)42(29)16-18-3-4-18)22-9-24-15-39-35(44)31(24)25(37)10-22/h5-6,9-14,18,21,27,32H,3-4,7-8,15-17,38H2,1-2H3,(H,39,44). The largest absolute Gasteiger partial charge is 0.494 e. The van der Waals surface area contributed by atoms with Gasteiger partial charge in [0.15, 0.2) is 5.82 Å². The van der Waals surface area contributed by atoms with Crippen LogP contribution in [0.4, 0.5) is 4.39 Å². The maximum atomic E-state index is 15.0. The van der Waals surface area contributed by atoms with E-state index < -0.39 is 5.82 Å². The second kappa shape index (κ2) is 9.90. The molecule has 2 bridgehead atoms. The first-order valence-electron chi connectivity index (χ1n) is 16.1. The molecule has 234 valence electrons. The smallest absolute Gasteiger partial charge is 0.254 e. The molecule has 4 aliphatic rings. The number of halogens is 1. The van der Waals surface area contributed by atoms with E-state index >= 15 is 0 Å². The Labute approximate surface area is 265 Å². The molecule has 4 heterocycles. The fourth-order valence-electron chi connectivity index (χ4n) is 8.13. The van der Waals surface area contributed by atoms with Gasteiger partial charge in [0.05, 0.1) is 23.9 Å². The van der Waals surface area contributed by atoms with Gasteiger partial charge in [-0.15, -0.1) is 0 Å². The van der Waals surface area contributed by atoms with Crippen LogP contribution in [0.25, 0.3) is 44.6 Å². The van der Waals surface area contributed by atoms with Gasteiger partial charge in [-0.05, 0) is 90.6 Å². The SMILES string of the molecule is COc1cc(C(=O)N2CC3CCC2C3N)cc2nc(-c3cc4ccc(-c5cc(F)c6c(c5)CNC6=O)cc4n3CC3CC3)n(C)c12. The Bertz CT molecular complexity index is 2130. The Morgan fingerprint density at radius 2 is 1.93 bits per heavy atom. The third-order valence-corrected chi connectivity index (χ3v) is 10.8. The Balaban J connectivity index is 1.15. The lowest BCUT2D eigenvalue weighted by Crippen LogP contribution is -2.41. The van der Waals surface area contributed by atoms with E-state index in [0.717, 1.165) is 58.5 Å².